The van der Waals surface area contributed by atoms with Crippen LogP contribution in [-0.2, 0) is 0 Å². The van der Waals surface area contributed by atoms with Crippen molar-refractivity contribution < 1.29 is 0 Å². The molecule has 1 aromatic carbocycles. The molecular weight excluding hydrogens is 160 g/mol. The van der Waals surface area contributed by atoms with Crippen LogP contribution in [0.25, 0.3) is 0 Å². The van der Waals surface area contributed by atoms with Gasteiger partial charge in [-0.25, -0.2) is 0 Å². The third-order valence-electron chi connectivity index (χ3n) is 1.17. The summed E-state index contributed by atoms with van der Waals surface area (Å²) in [6.45, 7) is 0. The van der Waals surface area contributed by atoms with E-state index in [-0.39, 0.29) is 0 Å². The highest BCUT2D eigenvalue weighted by Crippen LogP contribution is 2.20. The van der Waals surface area contributed by atoms with Crippen LogP contribution in [0, 0.1) is 12.3 Å². The second kappa shape index (κ2) is 3.05. The molecule has 0 aliphatic heterocycles. The Bertz CT molecular complexity index is 284. The van der Waals surface area contributed by atoms with Gasteiger partial charge in [0, 0.05) is 15.4 Å². The van der Waals surface area contributed by atoms with Gasteiger partial charge in [-0.05, 0) is 12.1 Å². The van der Waals surface area contributed by atoms with Gasteiger partial charge in [-0.2, -0.15) is 0 Å². The largest absolute Gasteiger partial charge is 0.142 e. The van der Waals surface area contributed by atoms with Gasteiger partial charge < -0.3 is 0 Å². The summed E-state index contributed by atoms with van der Waals surface area (Å²) in [5, 5.41) is 0. The average Bonchev–Trinajstić information content (AvgIpc) is 1.95. The lowest BCUT2D eigenvalue weighted by Gasteiger charge is -1.98. The van der Waals surface area contributed by atoms with E-state index in [0.29, 0.717) is 0 Å². The lowest BCUT2D eigenvalue weighted by molar-refractivity contribution is 1.24. The Kier molecular flexibility index (Phi) is 2.31. The van der Waals surface area contributed by atoms with Crippen molar-refractivity contribution in [2.24, 2.45) is 0 Å². The zero-order chi connectivity index (χ0) is 7.56. The second-order valence-electron chi connectivity index (χ2n) is 1.82. The number of rotatable bonds is 0. The molecule has 0 aromatic heterocycles. The van der Waals surface area contributed by atoms with Crippen molar-refractivity contribution in [3.63, 3.8) is 0 Å². The van der Waals surface area contributed by atoms with E-state index in [1.54, 1.807) is 0 Å². The molecule has 50 valence electrons. The quantitative estimate of drug-likeness (QED) is 0.428. The normalized spacial score (nSPS) is 8.90. The summed E-state index contributed by atoms with van der Waals surface area (Å²) in [5.74, 6) is 2.51. The number of hydrogen-bond acceptors (Lipinski definition) is 2. The van der Waals surface area contributed by atoms with Gasteiger partial charge in [0.05, 0.1) is 0 Å². The summed E-state index contributed by atoms with van der Waals surface area (Å²) < 4.78 is 0. The molecule has 0 bridgehead atoms. The molecule has 0 aliphatic rings. The minimum absolute atomic E-state index is 0.772. The Labute approximate surface area is 71.5 Å². The summed E-state index contributed by atoms with van der Waals surface area (Å²) in [6, 6.07) is 5.55. The second-order valence-corrected chi connectivity index (χ2v) is 2.75. The Balaban J connectivity index is 3.31. The maximum Gasteiger partial charge on any atom is 0.0387 e. The molecule has 0 saturated carbocycles. The van der Waals surface area contributed by atoms with Crippen LogP contribution in [0.2, 0.25) is 0 Å². The van der Waals surface area contributed by atoms with E-state index in [9.17, 15) is 0 Å². The van der Waals surface area contributed by atoms with Crippen LogP contribution >= 0.6 is 25.3 Å². The average molecular weight is 166 g/mol. The first-order valence-electron chi connectivity index (χ1n) is 2.73. The molecule has 1 aromatic rings. The van der Waals surface area contributed by atoms with E-state index >= 15 is 0 Å². The molecule has 0 fully saturated rings. The van der Waals surface area contributed by atoms with Crippen LogP contribution < -0.4 is 0 Å². The van der Waals surface area contributed by atoms with Gasteiger partial charge in [0.15, 0.2) is 0 Å². The van der Waals surface area contributed by atoms with E-state index < -0.39 is 0 Å². The summed E-state index contributed by atoms with van der Waals surface area (Å²) in [7, 11) is 0. The van der Waals surface area contributed by atoms with Crippen molar-refractivity contribution in [3.8, 4) is 12.3 Å². The van der Waals surface area contributed by atoms with Crippen LogP contribution in [0.5, 0.6) is 0 Å². The minimum atomic E-state index is 0.772. The maximum absolute atomic E-state index is 5.19. The van der Waals surface area contributed by atoms with E-state index in [1.165, 1.54) is 0 Å². The predicted molar refractivity (Wildman–Crippen MR) is 48.9 cm³/mol. The molecule has 0 N–H and O–H groups in total. The highest BCUT2D eigenvalue weighted by Gasteiger charge is 1.96. The molecule has 2 heteroatoms. The van der Waals surface area contributed by atoms with Crippen molar-refractivity contribution >= 4 is 25.3 Å². The van der Waals surface area contributed by atoms with E-state index in [2.05, 4.69) is 31.2 Å². The standard InChI is InChI=1S/C8H6S2/c1-2-6-4-3-5-7(9)8(6)10/h1,3-5,9-10H. The lowest BCUT2D eigenvalue weighted by atomic mass is 10.2. The van der Waals surface area contributed by atoms with Crippen LogP contribution in [0.15, 0.2) is 28.0 Å². The summed E-state index contributed by atoms with van der Waals surface area (Å²) >= 11 is 8.32. The first kappa shape index (κ1) is 7.59. The smallest absolute Gasteiger partial charge is 0.0387 e. The Hall–Kier alpha value is -0.520. The summed E-state index contributed by atoms with van der Waals surface area (Å²) in [4.78, 5) is 1.59. The molecule has 0 aliphatic carbocycles. The lowest BCUT2D eigenvalue weighted by Crippen LogP contribution is -1.77. The van der Waals surface area contributed by atoms with Crippen LogP contribution in [0.4, 0.5) is 0 Å². The molecule has 0 atom stereocenters. The molecule has 0 spiro atoms. The van der Waals surface area contributed by atoms with Crippen molar-refractivity contribution in [2.45, 2.75) is 9.79 Å². The maximum atomic E-state index is 5.19. The number of terminal acetylenes is 1. The van der Waals surface area contributed by atoms with Gasteiger partial charge in [0.1, 0.15) is 0 Å². The molecule has 0 radical (unpaired) electrons. The van der Waals surface area contributed by atoms with Crippen molar-refractivity contribution in [3.05, 3.63) is 23.8 Å². The van der Waals surface area contributed by atoms with Crippen molar-refractivity contribution in [1.29, 1.82) is 0 Å². The Morgan fingerprint density at radius 1 is 1.30 bits per heavy atom. The fourth-order valence-corrected chi connectivity index (χ4v) is 1.07. The molecule has 10 heavy (non-hydrogen) atoms. The van der Waals surface area contributed by atoms with Gasteiger partial charge in [0.25, 0.3) is 0 Å². The third-order valence-corrected chi connectivity index (χ3v) is 2.20. The van der Waals surface area contributed by atoms with Crippen molar-refractivity contribution in [1.82, 2.24) is 0 Å². The Morgan fingerprint density at radius 3 is 2.50 bits per heavy atom. The molecule has 0 saturated heterocycles. The fraction of sp³-hybridized carbons (Fsp3) is 0. The number of thiol groups is 2. The SMILES string of the molecule is C#Cc1cccc(S)c1S. The number of benzene rings is 1. The molecule has 1 rings (SSSR count). The predicted octanol–water partition coefficient (Wildman–Crippen LogP) is 2.25. The third kappa shape index (κ3) is 1.31. The van der Waals surface area contributed by atoms with E-state index in [1.807, 2.05) is 18.2 Å². The van der Waals surface area contributed by atoms with Gasteiger partial charge in [-0.15, -0.1) is 31.7 Å². The molecule has 0 heterocycles. The van der Waals surface area contributed by atoms with Crippen LogP contribution in [-0.4, -0.2) is 0 Å². The molecule has 0 amide bonds. The number of hydrogen-bond donors (Lipinski definition) is 2. The van der Waals surface area contributed by atoms with E-state index in [4.69, 9.17) is 6.42 Å². The Morgan fingerprint density at radius 2 is 2.00 bits per heavy atom. The molecule has 0 unspecified atom stereocenters. The molecule has 0 nitrogen and oxygen atoms in total. The minimum Gasteiger partial charge on any atom is -0.142 e. The zero-order valence-corrected chi connectivity index (χ0v) is 6.99. The highest BCUT2D eigenvalue weighted by molar-refractivity contribution is 7.83. The summed E-state index contributed by atoms with van der Waals surface area (Å²) in [6.07, 6.45) is 5.19. The van der Waals surface area contributed by atoms with Crippen molar-refractivity contribution in [2.75, 3.05) is 0 Å². The van der Waals surface area contributed by atoms with Gasteiger partial charge in [-0.1, -0.05) is 12.0 Å². The topological polar surface area (TPSA) is 0 Å². The fourth-order valence-electron chi connectivity index (χ4n) is 0.648. The first-order chi connectivity index (χ1) is 4.75. The van der Waals surface area contributed by atoms with Gasteiger partial charge >= 0.3 is 0 Å². The van der Waals surface area contributed by atoms with E-state index in [0.717, 1.165) is 15.4 Å². The van der Waals surface area contributed by atoms with Gasteiger partial charge in [0.2, 0.25) is 0 Å². The van der Waals surface area contributed by atoms with Crippen LogP contribution in [0.3, 0.4) is 0 Å². The monoisotopic (exact) mass is 166 g/mol. The van der Waals surface area contributed by atoms with Crippen LogP contribution in [0.1, 0.15) is 5.56 Å². The highest BCUT2D eigenvalue weighted by atomic mass is 32.1. The molecular formula is C8H6S2. The zero-order valence-electron chi connectivity index (χ0n) is 5.20. The summed E-state index contributed by atoms with van der Waals surface area (Å²) in [5.41, 5.74) is 0.788. The van der Waals surface area contributed by atoms with Gasteiger partial charge in [-0.3, -0.25) is 0 Å². The first-order valence-corrected chi connectivity index (χ1v) is 3.62.